The van der Waals surface area contributed by atoms with Crippen LogP contribution in [0.2, 0.25) is 0 Å². The molecule has 7 aromatic heterocycles. The zero-order valence-corrected chi connectivity index (χ0v) is 69.5. The highest BCUT2D eigenvalue weighted by molar-refractivity contribution is 6.32. The summed E-state index contributed by atoms with van der Waals surface area (Å²) in [6.45, 7) is 4.67. The van der Waals surface area contributed by atoms with E-state index in [1.54, 1.807) is 0 Å². The Kier molecular flexibility index (Phi) is 16.9. The average Bonchev–Trinajstić information content (AvgIpc) is 1.10. The van der Waals surface area contributed by atoms with Crippen molar-refractivity contribution >= 4 is 162 Å². The molecule has 127 heavy (non-hydrogen) atoms. The summed E-state index contributed by atoms with van der Waals surface area (Å²) in [7, 11) is 0. The van der Waals surface area contributed by atoms with Gasteiger partial charge in [-0.1, -0.05) is 341 Å². The second kappa shape index (κ2) is 29.3. The van der Waals surface area contributed by atoms with Crippen molar-refractivity contribution in [2.75, 3.05) is 0 Å². The molecule has 7 nitrogen and oxygen atoms in total. The van der Waals surface area contributed by atoms with Gasteiger partial charge in [0, 0.05) is 134 Å². The quantitative estimate of drug-likeness (QED) is 0.147. The number of rotatable bonds is 7. The van der Waals surface area contributed by atoms with Crippen LogP contribution in [0.1, 0.15) is 25.0 Å². The van der Waals surface area contributed by atoms with E-state index in [-0.39, 0.29) is 5.41 Å². The molecule has 19 aromatic carbocycles. The van der Waals surface area contributed by atoms with E-state index in [9.17, 15) is 0 Å². The van der Waals surface area contributed by atoms with Gasteiger partial charge in [-0.2, -0.15) is 0 Å². The van der Waals surface area contributed by atoms with Gasteiger partial charge in [0.05, 0.1) is 50.2 Å². The van der Waals surface area contributed by atoms with E-state index < -0.39 is 0 Å². The van der Waals surface area contributed by atoms with Gasteiger partial charge in [-0.05, 0) is 176 Å². The van der Waals surface area contributed by atoms with Gasteiger partial charge in [-0.25, -0.2) is 15.0 Å². The highest BCUT2D eigenvalue weighted by Gasteiger charge is 2.35. The molecule has 0 aliphatic heterocycles. The molecule has 590 valence electrons. The molecule has 1 aliphatic carbocycles. The van der Waals surface area contributed by atoms with Crippen molar-refractivity contribution in [3.63, 3.8) is 0 Å². The number of para-hydroxylation sites is 3. The molecule has 0 amide bonds. The first-order valence-electron chi connectivity index (χ1n) is 43.4. The Labute approximate surface area is 731 Å². The largest absolute Gasteiger partial charge is 0.265 e. The van der Waals surface area contributed by atoms with Crippen LogP contribution in [0.25, 0.3) is 252 Å². The van der Waals surface area contributed by atoms with Gasteiger partial charge in [-0.15, -0.1) is 0 Å². The maximum atomic E-state index is 5.25. The van der Waals surface area contributed by atoms with Crippen molar-refractivity contribution in [3.8, 4) is 89.4 Å². The van der Waals surface area contributed by atoms with Crippen LogP contribution in [0.5, 0.6) is 0 Å². The van der Waals surface area contributed by atoms with Crippen LogP contribution in [0.15, 0.2) is 419 Å². The minimum absolute atomic E-state index is 0.0163. The zero-order valence-electron chi connectivity index (χ0n) is 69.5. The zero-order chi connectivity index (χ0) is 84.0. The topological polar surface area (TPSA) is 90.2 Å². The van der Waals surface area contributed by atoms with E-state index in [2.05, 4.69) is 377 Å². The van der Waals surface area contributed by atoms with Crippen molar-refractivity contribution in [3.05, 3.63) is 430 Å². The number of hydrogen-bond acceptors (Lipinski definition) is 7. The van der Waals surface area contributed by atoms with E-state index >= 15 is 0 Å². The maximum absolute atomic E-state index is 5.25. The maximum Gasteiger partial charge on any atom is 0.0788 e. The van der Waals surface area contributed by atoms with E-state index in [1.165, 1.54) is 142 Å². The highest BCUT2D eigenvalue weighted by atomic mass is 14.7. The molecule has 7 heteroatoms. The molecule has 0 radical (unpaired) electrons. The molecule has 0 spiro atoms. The van der Waals surface area contributed by atoms with Gasteiger partial charge in [0.15, 0.2) is 0 Å². The summed E-state index contributed by atoms with van der Waals surface area (Å²) in [6.07, 6.45) is 9.33. The SMILES string of the molecule is CC1(C)c2ccccc2-c2ccc(-c3ccc(-c4nc5ccccc5c5c4ccc4ccc6cccnc6c45)cc3)cc21.c1cc(-c2ccncc2)cc(-c2ccc(-c3nc4ccccc4c4c3ccc3ccc5cccnc5c34)cc2)c1.c1cnc2c(c1)ccc1ccc3c(-c4ccc(-c5ccc6ccc7cccc8ccc5c6c78)cc4)nc4ccccc4c3c12. The third kappa shape index (κ3) is 12.0. The van der Waals surface area contributed by atoms with Gasteiger partial charge in [-0.3, -0.25) is 19.9 Å². The Morgan fingerprint density at radius 3 is 0.984 bits per heavy atom. The Bertz CT molecular complexity index is 9020. The predicted molar refractivity (Wildman–Crippen MR) is 533 cm³/mol. The summed E-state index contributed by atoms with van der Waals surface area (Å²) < 4.78 is 0. The minimum Gasteiger partial charge on any atom is -0.265 e. The van der Waals surface area contributed by atoms with Crippen molar-refractivity contribution < 1.29 is 0 Å². The standard InChI is InChI=1S/C42H24N2.C41H28N2.C37H23N3/c1-2-9-36-34(8-1)40-35(23-20-29-14-17-30-7-4-24-43-42(30)39(29)40)41(44-36)31-15-10-25(11-16-31)32-21-18-28-13-12-26-5-3-6-27-19-22-33(32)38(28)37(26)27;1-41(2)34-11-5-3-9-30(34)31-21-20-29(24-35(31)41)25-13-16-28(17-14-25)39-33-22-19-26-15-18-27-8-7-23-42-40(27)37(26)38(33)32-10-4-6-12-36(32)43-39;1-2-9-33-31(8-1)35-32(17-16-26-12-15-27-7-4-20-39-37(27)34(26)35)36(40-33)28-13-10-24(11-14-28)29-5-3-6-30(23-29)25-18-21-38-22-19-25/h1-24H;3-24H,1-2H3;1-23H. The molecule has 27 rings (SSSR count). The number of benzene rings is 19. The molecule has 0 fully saturated rings. The molecule has 0 saturated heterocycles. The monoisotopic (exact) mass is 1610 g/mol. The fraction of sp³-hybridized carbons (Fsp3) is 0.0250. The molecule has 26 aromatic rings. The lowest BCUT2D eigenvalue weighted by Crippen LogP contribution is -2.14. The van der Waals surface area contributed by atoms with Crippen molar-refractivity contribution in [1.29, 1.82) is 0 Å². The van der Waals surface area contributed by atoms with E-state index in [0.717, 1.165) is 121 Å². The van der Waals surface area contributed by atoms with Crippen LogP contribution in [-0.4, -0.2) is 34.9 Å². The van der Waals surface area contributed by atoms with Gasteiger partial charge >= 0.3 is 0 Å². The van der Waals surface area contributed by atoms with Crippen LogP contribution in [0, 0.1) is 0 Å². The summed E-state index contributed by atoms with van der Waals surface area (Å²) in [6, 6.07) is 140. The van der Waals surface area contributed by atoms with Crippen molar-refractivity contribution in [2.24, 2.45) is 0 Å². The third-order valence-corrected chi connectivity index (χ3v) is 26.7. The minimum atomic E-state index is -0.0163. The Hall–Kier alpha value is -16.6. The number of aromatic nitrogens is 7. The number of hydrogen-bond donors (Lipinski definition) is 0. The number of pyridine rings is 7. The second-order valence-corrected chi connectivity index (χ2v) is 34.1. The predicted octanol–water partition coefficient (Wildman–Crippen LogP) is 31.5. The normalized spacial score (nSPS) is 12.4. The van der Waals surface area contributed by atoms with Crippen LogP contribution in [0.3, 0.4) is 0 Å². The fourth-order valence-corrected chi connectivity index (χ4v) is 20.6. The molecule has 7 heterocycles. The first kappa shape index (κ1) is 73.1. The Morgan fingerprint density at radius 2 is 0.512 bits per heavy atom. The van der Waals surface area contributed by atoms with Crippen molar-refractivity contribution in [2.45, 2.75) is 19.3 Å². The first-order chi connectivity index (χ1) is 62.7. The molecule has 0 atom stereocenters. The lowest BCUT2D eigenvalue weighted by Gasteiger charge is -2.22. The third-order valence-electron chi connectivity index (χ3n) is 26.7. The summed E-state index contributed by atoms with van der Waals surface area (Å²) in [5.41, 5.74) is 27.4. The smallest absolute Gasteiger partial charge is 0.0788 e. The fourth-order valence-electron chi connectivity index (χ4n) is 20.6. The van der Waals surface area contributed by atoms with E-state index in [1.807, 2.05) is 61.3 Å². The first-order valence-corrected chi connectivity index (χ1v) is 43.4. The van der Waals surface area contributed by atoms with Crippen LogP contribution < -0.4 is 0 Å². The van der Waals surface area contributed by atoms with Gasteiger partial charge in [0.1, 0.15) is 0 Å². The summed E-state index contributed by atoms with van der Waals surface area (Å²) in [4.78, 5) is 34.3. The molecular weight excluding hydrogens is 1540 g/mol. The second-order valence-electron chi connectivity index (χ2n) is 34.1. The van der Waals surface area contributed by atoms with Crippen molar-refractivity contribution in [1.82, 2.24) is 34.9 Å². The molecule has 1 aliphatic rings. The lowest BCUT2D eigenvalue weighted by molar-refractivity contribution is 0.660. The van der Waals surface area contributed by atoms with E-state index in [0.29, 0.717) is 0 Å². The summed E-state index contributed by atoms with van der Waals surface area (Å²) >= 11 is 0. The molecular formula is C120H75N7. The molecule has 0 saturated carbocycles. The summed E-state index contributed by atoms with van der Waals surface area (Å²) in [5, 5.41) is 28.9. The number of nitrogens with zero attached hydrogens (tertiary/aromatic N) is 7. The van der Waals surface area contributed by atoms with Crippen LogP contribution >= 0.6 is 0 Å². The van der Waals surface area contributed by atoms with Gasteiger partial charge < -0.3 is 0 Å². The van der Waals surface area contributed by atoms with Gasteiger partial charge in [0.2, 0.25) is 0 Å². The van der Waals surface area contributed by atoms with Gasteiger partial charge in [0.25, 0.3) is 0 Å². The lowest BCUT2D eigenvalue weighted by atomic mass is 9.81. The van der Waals surface area contributed by atoms with Crippen LogP contribution in [0.4, 0.5) is 0 Å². The van der Waals surface area contributed by atoms with E-state index in [4.69, 9.17) is 29.9 Å². The highest BCUT2D eigenvalue weighted by Crippen LogP contribution is 2.51. The molecule has 0 unspecified atom stereocenters. The molecule has 0 bridgehead atoms. The Morgan fingerprint density at radius 1 is 0.181 bits per heavy atom. The van der Waals surface area contributed by atoms with Crippen LogP contribution in [-0.2, 0) is 5.41 Å². The average molecular weight is 1610 g/mol. The Balaban J connectivity index is 0.000000104. The summed E-state index contributed by atoms with van der Waals surface area (Å²) in [5.74, 6) is 0. The number of fused-ring (bicyclic) bond motifs is 24. The molecule has 0 N–H and O–H groups in total.